The lowest BCUT2D eigenvalue weighted by Crippen LogP contribution is -2.24. The highest BCUT2D eigenvalue weighted by atomic mass is 16.3. The Morgan fingerprint density at radius 2 is 1.80 bits per heavy atom. The van der Waals surface area contributed by atoms with Gasteiger partial charge in [-0.15, -0.1) is 0 Å². The Bertz CT molecular complexity index is 295. The zero-order chi connectivity index (χ0) is 10.7. The van der Waals surface area contributed by atoms with Crippen LogP contribution in [0.2, 0.25) is 0 Å². The van der Waals surface area contributed by atoms with Crippen LogP contribution in [0.1, 0.15) is 5.56 Å². The molecule has 0 amide bonds. The number of pyridine rings is 1. The molecule has 0 saturated carbocycles. The standard InChI is InChI=1S/C11H16N2O2/c14-10-7-13(8-11(10)15)6-3-9-1-4-12-5-2-9/h1-2,4-5,10-11,14-15H,3,6-8H2. The number of aliphatic hydroxyl groups is 2. The second kappa shape index (κ2) is 4.70. The van der Waals surface area contributed by atoms with E-state index in [0.717, 1.165) is 13.0 Å². The summed E-state index contributed by atoms with van der Waals surface area (Å²) in [6.07, 6.45) is 3.33. The third-order valence-corrected chi connectivity index (χ3v) is 2.80. The molecule has 2 rings (SSSR count). The van der Waals surface area contributed by atoms with Crippen molar-refractivity contribution < 1.29 is 10.2 Å². The van der Waals surface area contributed by atoms with Crippen molar-refractivity contribution in [3.05, 3.63) is 30.1 Å². The van der Waals surface area contributed by atoms with Crippen LogP contribution in [0.25, 0.3) is 0 Å². The molecule has 2 unspecified atom stereocenters. The van der Waals surface area contributed by atoms with Crippen LogP contribution >= 0.6 is 0 Å². The van der Waals surface area contributed by atoms with Crippen molar-refractivity contribution in [1.82, 2.24) is 9.88 Å². The van der Waals surface area contributed by atoms with Gasteiger partial charge in [0.2, 0.25) is 0 Å². The summed E-state index contributed by atoms with van der Waals surface area (Å²) in [5.41, 5.74) is 1.24. The average Bonchev–Trinajstić information content (AvgIpc) is 2.57. The molecule has 0 bridgehead atoms. The minimum absolute atomic E-state index is 0.576. The summed E-state index contributed by atoms with van der Waals surface area (Å²) in [6, 6.07) is 3.98. The van der Waals surface area contributed by atoms with Crippen LogP contribution in [0, 0.1) is 0 Å². The molecule has 1 aromatic rings. The third-order valence-electron chi connectivity index (χ3n) is 2.80. The van der Waals surface area contributed by atoms with Gasteiger partial charge >= 0.3 is 0 Å². The number of aromatic nitrogens is 1. The van der Waals surface area contributed by atoms with Gasteiger partial charge in [0, 0.05) is 32.0 Å². The molecule has 4 heteroatoms. The molecular formula is C11H16N2O2. The summed E-state index contributed by atoms with van der Waals surface area (Å²) in [4.78, 5) is 6.03. The van der Waals surface area contributed by atoms with E-state index in [4.69, 9.17) is 0 Å². The van der Waals surface area contributed by atoms with Crippen molar-refractivity contribution in [2.75, 3.05) is 19.6 Å². The molecule has 2 heterocycles. The predicted molar refractivity (Wildman–Crippen MR) is 56.4 cm³/mol. The quantitative estimate of drug-likeness (QED) is 0.713. The fraction of sp³-hybridized carbons (Fsp3) is 0.545. The number of nitrogens with zero attached hydrogens (tertiary/aromatic N) is 2. The molecule has 0 aliphatic carbocycles. The second-order valence-electron chi connectivity index (χ2n) is 4.00. The first-order chi connectivity index (χ1) is 7.25. The Balaban J connectivity index is 1.80. The molecule has 0 spiro atoms. The van der Waals surface area contributed by atoms with E-state index in [1.54, 1.807) is 12.4 Å². The van der Waals surface area contributed by atoms with E-state index in [9.17, 15) is 10.2 Å². The maximum atomic E-state index is 9.36. The van der Waals surface area contributed by atoms with E-state index in [-0.39, 0.29) is 0 Å². The largest absolute Gasteiger partial charge is 0.389 e. The fourth-order valence-corrected chi connectivity index (χ4v) is 1.87. The number of hydrogen-bond acceptors (Lipinski definition) is 4. The first-order valence-electron chi connectivity index (χ1n) is 5.23. The molecule has 2 atom stereocenters. The molecule has 1 fully saturated rings. The summed E-state index contributed by atoms with van der Waals surface area (Å²) in [5, 5.41) is 18.7. The number of rotatable bonds is 3. The van der Waals surface area contributed by atoms with Gasteiger partial charge in [0.15, 0.2) is 0 Å². The Labute approximate surface area is 89.2 Å². The summed E-state index contributed by atoms with van der Waals surface area (Å²) >= 11 is 0. The van der Waals surface area contributed by atoms with Crippen LogP contribution in [0.3, 0.4) is 0 Å². The Morgan fingerprint density at radius 1 is 1.20 bits per heavy atom. The summed E-state index contributed by atoms with van der Waals surface area (Å²) < 4.78 is 0. The first kappa shape index (κ1) is 10.5. The van der Waals surface area contributed by atoms with E-state index in [2.05, 4.69) is 9.88 Å². The van der Waals surface area contributed by atoms with E-state index >= 15 is 0 Å². The van der Waals surface area contributed by atoms with E-state index < -0.39 is 12.2 Å². The molecule has 2 N–H and O–H groups in total. The molecule has 0 aromatic carbocycles. The number of hydrogen-bond donors (Lipinski definition) is 2. The number of β-amino-alcohol motifs (C(OH)–C–C–N with tert-alkyl or cyclic N) is 2. The monoisotopic (exact) mass is 208 g/mol. The zero-order valence-corrected chi connectivity index (χ0v) is 8.58. The molecule has 1 aliphatic heterocycles. The highest BCUT2D eigenvalue weighted by Crippen LogP contribution is 2.10. The maximum Gasteiger partial charge on any atom is 0.0938 e. The van der Waals surface area contributed by atoms with Gasteiger partial charge in [0.25, 0.3) is 0 Å². The molecule has 15 heavy (non-hydrogen) atoms. The minimum Gasteiger partial charge on any atom is -0.389 e. The zero-order valence-electron chi connectivity index (χ0n) is 8.58. The topological polar surface area (TPSA) is 56.6 Å². The van der Waals surface area contributed by atoms with Crippen molar-refractivity contribution in [2.45, 2.75) is 18.6 Å². The van der Waals surface area contributed by atoms with Crippen molar-refractivity contribution in [1.29, 1.82) is 0 Å². The normalized spacial score (nSPS) is 27.1. The molecule has 0 radical (unpaired) electrons. The fourth-order valence-electron chi connectivity index (χ4n) is 1.87. The first-order valence-corrected chi connectivity index (χ1v) is 5.23. The van der Waals surface area contributed by atoms with Gasteiger partial charge < -0.3 is 10.2 Å². The van der Waals surface area contributed by atoms with Crippen LogP contribution < -0.4 is 0 Å². The highest BCUT2D eigenvalue weighted by Gasteiger charge is 2.28. The average molecular weight is 208 g/mol. The van der Waals surface area contributed by atoms with E-state index in [0.29, 0.717) is 13.1 Å². The van der Waals surface area contributed by atoms with Gasteiger partial charge in [-0.2, -0.15) is 0 Å². The molecule has 1 aromatic heterocycles. The van der Waals surface area contributed by atoms with E-state index in [1.807, 2.05) is 12.1 Å². The van der Waals surface area contributed by atoms with Gasteiger partial charge in [-0.1, -0.05) is 0 Å². The van der Waals surface area contributed by atoms with Crippen molar-refractivity contribution >= 4 is 0 Å². The lowest BCUT2D eigenvalue weighted by molar-refractivity contribution is 0.0572. The number of likely N-dealkylation sites (tertiary alicyclic amines) is 1. The van der Waals surface area contributed by atoms with Crippen molar-refractivity contribution in [3.8, 4) is 0 Å². The van der Waals surface area contributed by atoms with Gasteiger partial charge in [-0.3, -0.25) is 9.88 Å². The van der Waals surface area contributed by atoms with Crippen molar-refractivity contribution in [3.63, 3.8) is 0 Å². The second-order valence-corrected chi connectivity index (χ2v) is 4.00. The third kappa shape index (κ3) is 2.75. The van der Waals surface area contributed by atoms with Gasteiger partial charge in [0.1, 0.15) is 0 Å². The minimum atomic E-state index is -0.581. The molecule has 1 saturated heterocycles. The van der Waals surface area contributed by atoms with Crippen LogP contribution in [0.5, 0.6) is 0 Å². The summed E-state index contributed by atoms with van der Waals surface area (Å²) in [7, 11) is 0. The maximum absolute atomic E-state index is 9.36. The van der Waals surface area contributed by atoms with Gasteiger partial charge in [-0.05, 0) is 24.1 Å². The predicted octanol–water partition coefficient (Wildman–Crippen LogP) is -0.339. The van der Waals surface area contributed by atoms with Crippen LogP contribution in [-0.4, -0.2) is 51.9 Å². The Hall–Kier alpha value is -0.970. The smallest absolute Gasteiger partial charge is 0.0938 e. The van der Waals surface area contributed by atoms with Crippen LogP contribution in [0.15, 0.2) is 24.5 Å². The van der Waals surface area contributed by atoms with Gasteiger partial charge in [-0.25, -0.2) is 0 Å². The SMILES string of the molecule is OC1CN(CCc2ccncc2)CC1O. The summed E-state index contributed by atoms with van der Waals surface area (Å²) in [5.74, 6) is 0. The lowest BCUT2D eigenvalue weighted by atomic mass is 10.2. The number of aliphatic hydroxyl groups excluding tert-OH is 2. The lowest BCUT2D eigenvalue weighted by Gasteiger charge is -2.13. The highest BCUT2D eigenvalue weighted by molar-refractivity contribution is 5.10. The summed E-state index contributed by atoms with van der Waals surface area (Å²) in [6.45, 7) is 2.02. The Morgan fingerprint density at radius 3 is 2.40 bits per heavy atom. The molecular weight excluding hydrogens is 192 g/mol. The molecule has 1 aliphatic rings. The van der Waals surface area contributed by atoms with Gasteiger partial charge in [0.05, 0.1) is 12.2 Å². The molecule has 82 valence electrons. The molecule has 4 nitrogen and oxygen atoms in total. The van der Waals surface area contributed by atoms with E-state index in [1.165, 1.54) is 5.56 Å². The van der Waals surface area contributed by atoms with Crippen LogP contribution in [0.4, 0.5) is 0 Å². The Kier molecular flexibility index (Phi) is 3.30. The van der Waals surface area contributed by atoms with Crippen LogP contribution in [-0.2, 0) is 6.42 Å². The van der Waals surface area contributed by atoms with Crippen molar-refractivity contribution in [2.24, 2.45) is 0 Å².